The van der Waals surface area contributed by atoms with Crippen LogP contribution in [0, 0.1) is 0 Å². The summed E-state index contributed by atoms with van der Waals surface area (Å²) in [4.78, 5) is 0. The van der Waals surface area contributed by atoms with E-state index in [0.717, 1.165) is 38.9 Å². The molecule has 4 aromatic rings. The summed E-state index contributed by atoms with van der Waals surface area (Å²) in [5.41, 5.74) is 5.51. The van der Waals surface area contributed by atoms with Gasteiger partial charge in [0.25, 0.3) is 0 Å². The van der Waals surface area contributed by atoms with Crippen LogP contribution in [0.2, 0.25) is 5.02 Å². The Morgan fingerprint density at radius 1 is 0.885 bits per heavy atom. The maximum Gasteiger partial charge on any atom is 0.203 e. The average Bonchev–Trinajstić information content (AvgIpc) is 2.99. The summed E-state index contributed by atoms with van der Waals surface area (Å²) < 4.78 is 8.55. The summed E-state index contributed by atoms with van der Waals surface area (Å²) in [5.74, 6) is 0.762. The molecule has 0 spiro atoms. The third-order valence-electron chi connectivity index (χ3n) is 4.75. The lowest BCUT2D eigenvalue weighted by Gasteiger charge is -2.30. The Hall–Kier alpha value is -2.58. The molecule has 120 valence electrons. The van der Waals surface area contributed by atoms with Crippen LogP contribution in [0.1, 0.15) is 11.8 Å². The quantitative estimate of drug-likeness (QED) is 0.479. The van der Waals surface area contributed by atoms with Gasteiger partial charge < -0.3 is 9.30 Å². The Morgan fingerprint density at radius 2 is 1.69 bits per heavy atom. The number of nitrogens with zero attached hydrogens (tertiary/aromatic N) is 1. The molecule has 2 heterocycles. The largest absolute Gasteiger partial charge is 0.465 e. The van der Waals surface area contributed by atoms with E-state index >= 15 is 0 Å². The third-order valence-corrected chi connectivity index (χ3v) is 4.99. The van der Waals surface area contributed by atoms with Crippen LogP contribution in [0.5, 0.6) is 5.75 Å². The van der Waals surface area contributed by atoms with Crippen LogP contribution in [-0.2, 0) is 0 Å². The molecule has 3 aromatic carbocycles. The van der Waals surface area contributed by atoms with Gasteiger partial charge in [-0.15, -0.1) is 0 Å². The van der Waals surface area contributed by atoms with Crippen LogP contribution in [0.15, 0.2) is 66.7 Å². The third kappa shape index (κ3) is 2.37. The molecule has 1 aliphatic rings. The van der Waals surface area contributed by atoms with Crippen molar-refractivity contribution in [2.45, 2.75) is 6.23 Å². The molecule has 4 radical (unpaired) electrons. The zero-order valence-electron chi connectivity index (χ0n) is 13.8. The van der Waals surface area contributed by atoms with E-state index in [4.69, 9.17) is 32.0 Å². The summed E-state index contributed by atoms with van der Waals surface area (Å²) in [5, 5.41) is 1.74. The van der Waals surface area contributed by atoms with Gasteiger partial charge in [0, 0.05) is 16.1 Å². The van der Waals surface area contributed by atoms with Crippen molar-refractivity contribution in [2.24, 2.45) is 0 Å². The standard InChI is InChI=1S/C21H12B2ClNO/c22-14-5-7-18-13(8-14)10-19-17-6-4-15(23)11-20(17)26-21(25(18)19)12-2-1-3-16(24)9-12/h1-11,21H. The molecular formula is C21H12B2ClNO. The second kappa shape index (κ2) is 5.72. The van der Waals surface area contributed by atoms with Gasteiger partial charge in [-0.2, -0.15) is 0 Å². The molecule has 1 aromatic heterocycles. The smallest absolute Gasteiger partial charge is 0.203 e. The SMILES string of the molecule is [B]c1ccc2c(c1)OC(c1cccc(Cl)c1)n1c-2cc2cc([B])ccc21. The van der Waals surface area contributed by atoms with Crippen LogP contribution in [0.3, 0.4) is 0 Å². The Bertz CT molecular complexity index is 1170. The van der Waals surface area contributed by atoms with E-state index in [0.29, 0.717) is 10.5 Å². The summed E-state index contributed by atoms with van der Waals surface area (Å²) >= 11 is 6.23. The van der Waals surface area contributed by atoms with Crippen LogP contribution >= 0.6 is 11.6 Å². The molecule has 5 heteroatoms. The lowest BCUT2D eigenvalue weighted by Crippen LogP contribution is -2.23. The van der Waals surface area contributed by atoms with Gasteiger partial charge >= 0.3 is 0 Å². The maximum absolute atomic E-state index is 6.37. The van der Waals surface area contributed by atoms with Gasteiger partial charge in [0.15, 0.2) is 0 Å². The van der Waals surface area contributed by atoms with Crippen LogP contribution in [0.4, 0.5) is 0 Å². The lowest BCUT2D eigenvalue weighted by atomic mass is 9.93. The Kier molecular flexibility index (Phi) is 3.44. The van der Waals surface area contributed by atoms with E-state index in [-0.39, 0.29) is 6.23 Å². The molecule has 0 bridgehead atoms. The molecule has 0 amide bonds. The van der Waals surface area contributed by atoms with Gasteiger partial charge in [-0.1, -0.05) is 52.9 Å². The highest BCUT2D eigenvalue weighted by molar-refractivity contribution is 6.33. The molecule has 2 nitrogen and oxygen atoms in total. The number of benzene rings is 3. The maximum atomic E-state index is 6.37. The molecule has 26 heavy (non-hydrogen) atoms. The summed E-state index contributed by atoms with van der Waals surface area (Å²) in [6, 6.07) is 21.5. The van der Waals surface area contributed by atoms with Gasteiger partial charge in [0.05, 0.1) is 11.2 Å². The molecule has 0 aliphatic carbocycles. The molecule has 1 unspecified atom stereocenters. The molecule has 0 saturated carbocycles. The van der Waals surface area contributed by atoms with Crippen molar-refractivity contribution in [3.8, 4) is 17.0 Å². The predicted octanol–water partition coefficient (Wildman–Crippen LogP) is 3.49. The summed E-state index contributed by atoms with van der Waals surface area (Å²) in [6.45, 7) is 0. The molecular weight excluding hydrogens is 339 g/mol. The zero-order valence-corrected chi connectivity index (χ0v) is 14.6. The van der Waals surface area contributed by atoms with Crippen LogP contribution < -0.4 is 15.7 Å². The molecule has 1 atom stereocenters. The average molecular weight is 351 g/mol. The number of hydrogen-bond donors (Lipinski definition) is 0. The minimum Gasteiger partial charge on any atom is -0.465 e. The second-order valence-electron chi connectivity index (χ2n) is 6.50. The van der Waals surface area contributed by atoms with Gasteiger partial charge in [-0.25, -0.2) is 0 Å². The summed E-state index contributed by atoms with van der Waals surface area (Å²) in [7, 11) is 12.0. The molecule has 0 N–H and O–H groups in total. The Balaban J connectivity index is 1.83. The van der Waals surface area contributed by atoms with Crippen molar-refractivity contribution in [3.63, 3.8) is 0 Å². The van der Waals surface area contributed by atoms with E-state index < -0.39 is 0 Å². The van der Waals surface area contributed by atoms with E-state index in [1.54, 1.807) is 0 Å². The Morgan fingerprint density at radius 3 is 2.54 bits per heavy atom. The highest BCUT2D eigenvalue weighted by Gasteiger charge is 2.28. The number of rotatable bonds is 1. The topological polar surface area (TPSA) is 14.2 Å². The highest BCUT2D eigenvalue weighted by atomic mass is 35.5. The zero-order chi connectivity index (χ0) is 17.8. The van der Waals surface area contributed by atoms with Crippen molar-refractivity contribution >= 4 is 49.1 Å². The minimum atomic E-state index is -0.334. The summed E-state index contributed by atoms with van der Waals surface area (Å²) in [6.07, 6.45) is -0.334. The van der Waals surface area contributed by atoms with Crippen molar-refractivity contribution in [1.29, 1.82) is 0 Å². The predicted molar refractivity (Wildman–Crippen MR) is 108 cm³/mol. The number of halogens is 1. The van der Waals surface area contributed by atoms with Gasteiger partial charge in [0.1, 0.15) is 21.4 Å². The first-order valence-corrected chi connectivity index (χ1v) is 8.70. The van der Waals surface area contributed by atoms with Crippen molar-refractivity contribution in [1.82, 2.24) is 4.57 Å². The lowest BCUT2D eigenvalue weighted by molar-refractivity contribution is 0.173. The normalized spacial score (nSPS) is 15.3. The van der Waals surface area contributed by atoms with E-state index in [9.17, 15) is 0 Å². The van der Waals surface area contributed by atoms with Crippen LogP contribution in [-0.4, -0.2) is 20.3 Å². The van der Waals surface area contributed by atoms with E-state index in [2.05, 4.69) is 10.6 Å². The van der Waals surface area contributed by atoms with E-state index in [1.807, 2.05) is 60.7 Å². The highest BCUT2D eigenvalue weighted by Crippen LogP contribution is 2.43. The van der Waals surface area contributed by atoms with Crippen molar-refractivity contribution in [3.05, 3.63) is 77.3 Å². The van der Waals surface area contributed by atoms with Crippen molar-refractivity contribution < 1.29 is 4.74 Å². The molecule has 5 rings (SSSR count). The first kappa shape index (κ1) is 15.7. The molecule has 0 fully saturated rings. The fourth-order valence-electron chi connectivity index (χ4n) is 3.61. The fourth-order valence-corrected chi connectivity index (χ4v) is 3.81. The second-order valence-corrected chi connectivity index (χ2v) is 6.94. The molecule has 0 saturated heterocycles. The van der Waals surface area contributed by atoms with Gasteiger partial charge in [-0.3, -0.25) is 0 Å². The van der Waals surface area contributed by atoms with Crippen molar-refractivity contribution in [2.75, 3.05) is 0 Å². The minimum absolute atomic E-state index is 0.334. The van der Waals surface area contributed by atoms with Gasteiger partial charge in [-0.05, 0) is 41.8 Å². The number of hydrogen-bond acceptors (Lipinski definition) is 1. The number of aromatic nitrogens is 1. The number of ether oxygens (including phenoxy) is 1. The molecule has 1 aliphatic heterocycles. The first-order valence-electron chi connectivity index (χ1n) is 8.33. The number of fused-ring (bicyclic) bond motifs is 5. The van der Waals surface area contributed by atoms with Gasteiger partial charge in [0.2, 0.25) is 6.23 Å². The van der Waals surface area contributed by atoms with E-state index in [1.165, 1.54) is 0 Å². The first-order chi connectivity index (χ1) is 12.6. The fraction of sp³-hybridized carbons (Fsp3) is 0.0476. The Labute approximate surface area is 159 Å². The van der Waals surface area contributed by atoms with Crippen LogP contribution in [0.25, 0.3) is 22.2 Å². The monoisotopic (exact) mass is 351 g/mol.